The van der Waals surface area contributed by atoms with Crippen LogP contribution in [0, 0.1) is 5.92 Å². The second kappa shape index (κ2) is 4.62. The van der Waals surface area contributed by atoms with Crippen molar-refractivity contribution < 1.29 is 4.42 Å². The van der Waals surface area contributed by atoms with Crippen LogP contribution >= 0.6 is 11.6 Å². The van der Waals surface area contributed by atoms with Crippen molar-refractivity contribution in [3.8, 4) is 0 Å². The fraction of sp³-hybridized carbons (Fsp3) is 0.818. The largest absolute Gasteiger partial charge is 0.406 e. The third kappa shape index (κ3) is 2.32. The van der Waals surface area contributed by atoms with Crippen molar-refractivity contribution in [1.29, 1.82) is 0 Å². The fourth-order valence-electron chi connectivity index (χ4n) is 2.06. The Kier molecular flexibility index (Phi) is 3.38. The smallest absolute Gasteiger partial charge is 0.318 e. The van der Waals surface area contributed by atoms with Crippen LogP contribution in [0.2, 0.25) is 0 Å². The molecule has 0 spiro atoms. The average Bonchev–Trinajstić information content (AvgIpc) is 2.70. The Hall–Kier alpha value is -0.770. The molecule has 5 heteroatoms. The minimum Gasteiger partial charge on any atom is -0.406 e. The molecule has 3 unspecified atom stereocenters. The molecule has 1 aliphatic rings. The third-order valence-electron chi connectivity index (χ3n) is 3.13. The number of hydrogen-bond donors (Lipinski definition) is 0. The van der Waals surface area contributed by atoms with Crippen molar-refractivity contribution in [2.75, 3.05) is 11.4 Å². The van der Waals surface area contributed by atoms with Gasteiger partial charge in [-0.15, -0.1) is 16.7 Å². The van der Waals surface area contributed by atoms with Crippen LogP contribution in [0.15, 0.2) is 4.42 Å². The lowest BCUT2D eigenvalue weighted by atomic mass is 9.96. The lowest BCUT2D eigenvalue weighted by molar-refractivity contribution is 0.360. The standard InChI is InChI=1S/C11H18ClN3O/c1-7-4-5-8(2)15(6-7)11-14-13-10(16-11)9(3)12/h7-9H,4-6H2,1-3H3. The van der Waals surface area contributed by atoms with Gasteiger partial charge in [0.15, 0.2) is 0 Å². The number of hydrogen-bond acceptors (Lipinski definition) is 4. The maximum Gasteiger partial charge on any atom is 0.318 e. The van der Waals surface area contributed by atoms with Gasteiger partial charge in [-0.05, 0) is 32.6 Å². The zero-order valence-electron chi connectivity index (χ0n) is 9.98. The van der Waals surface area contributed by atoms with E-state index in [0.717, 1.165) is 6.54 Å². The molecule has 0 saturated carbocycles. The van der Waals surface area contributed by atoms with Crippen molar-refractivity contribution in [3.05, 3.63) is 5.89 Å². The molecule has 1 aliphatic heterocycles. The van der Waals surface area contributed by atoms with Crippen LogP contribution < -0.4 is 4.90 Å². The summed E-state index contributed by atoms with van der Waals surface area (Å²) in [5.41, 5.74) is 0. The number of halogens is 1. The summed E-state index contributed by atoms with van der Waals surface area (Å²) in [6.45, 7) is 7.26. The second-order valence-corrected chi connectivity index (χ2v) is 5.38. The molecule has 0 bridgehead atoms. The number of rotatable bonds is 2. The van der Waals surface area contributed by atoms with E-state index < -0.39 is 0 Å². The first-order chi connectivity index (χ1) is 7.58. The summed E-state index contributed by atoms with van der Waals surface area (Å²) in [6.07, 6.45) is 2.44. The fourth-order valence-corrected chi connectivity index (χ4v) is 2.15. The molecule has 0 radical (unpaired) electrons. The highest BCUT2D eigenvalue weighted by Gasteiger charge is 2.27. The summed E-state index contributed by atoms with van der Waals surface area (Å²) < 4.78 is 5.58. The molecule has 1 fully saturated rings. The Morgan fingerprint density at radius 2 is 2.12 bits per heavy atom. The first-order valence-electron chi connectivity index (χ1n) is 5.82. The van der Waals surface area contributed by atoms with Crippen molar-refractivity contribution in [2.45, 2.75) is 45.0 Å². The van der Waals surface area contributed by atoms with Gasteiger partial charge >= 0.3 is 6.01 Å². The van der Waals surface area contributed by atoms with E-state index in [-0.39, 0.29) is 5.38 Å². The topological polar surface area (TPSA) is 42.2 Å². The van der Waals surface area contributed by atoms with Crippen molar-refractivity contribution in [3.63, 3.8) is 0 Å². The molecule has 4 nitrogen and oxygen atoms in total. The first kappa shape index (κ1) is 11.7. The molecule has 90 valence electrons. The Balaban J connectivity index is 2.15. The zero-order valence-corrected chi connectivity index (χ0v) is 10.7. The molecule has 2 rings (SSSR count). The molecule has 0 N–H and O–H groups in total. The number of nitrogens with zero attached hydrogens (tertiary/aromatic N) is 3. The van der Waals surface area contributed by atoms with Crippen LogP contribution in [0.1, 0.15) is 44.9 Å². The Morgan fingerprint density at radius 3 is 2.75 bits per heavy atom. The number of aromatic nitrogens is 2. The molecule has 16 heavy (non-hydrogen) atoms. The van der Waals surface area contributed by atoms with Crippen LogP contribution in [-0.4, -0.2) is 22.8 Å². The van der Waals surface area contributed by atoms with Gasteiger partial charge in [0.25, 0.3) is 0 Å². The van der Waals surface area contributed by atoms with Gasteiger partial charge in [0.2, 0.25) is 5.89 Å². The number of alkyl halides is 1. The van der Waals surface area contributed by atoms with Crippen LogP contribution in [0.5, 0.6) is 0 Å². The highest BCUT2D eigenvalue weighted by molar-refractivity contribution is 6.20. The zero-order chi connectivity index (χ0) is 11.7. The van der Waals surface area contributed by atoms with Crippen molar-refractivity contribution in [2.24, 2.45) is 5.92 Å². The Bertz CT molecular complexity index is 353. The van der Waals surface area contributed by atoms with Gasteiger partial charge < -0.3 is 9.32 Å². The molecule has 0 amide bonds. The molecule has 1 aromatic heterocycles. The number of anilines is 1. The summed E-state index contributed by atoms with van der Waals surface area (Å²) in [5.74, 6) is 1.18. The summed E-state index contributed by atoms with van der Waals surface area (Å²) in [5, 5.41) is 7.81. The summed E-state index contributed by atoms with van der Waals surface area (Å²) in [4.78, 5) is 2.18. The van der Waals surface area contributed by atoms with Crippen LogP contribution in [0.4, 0.5) is 6.01 Å². The van der Waals surface area contributed by atoms with E-state index >= 15 is 0 Å². The normalized spacial score (nSPS) is 28.1. The maximum atomic E-state index is 5.91. The second-order valence-electron chi connectivity index (χ2n) is 4.72. The summed E-state index contributed by atoms with van der Waals surface area (Å²) >= 11 is 5.91. The van der Waals surface area contributed by atoms with Crippen LogP contribution in [0.3, 0.4) is 0 Å². The Labute approximate surface area is 101 Å². The van der Waals surface area contributed by atoms with E-state index in [2.05, 4.69) is 28.9 Å². The summed E-state index contributed by atoms with van der Waals surface area (Å²) in [6, 6.07) is 1.08. The predicted molar refractivity (Wildman–Crippen MR) is 63.8 cm³/mol. The molecule has 0 aromatic carbocycles. The van der Waals surface area contributed by atoms with Gasteiger partial charge in [0.05, 0.1) is 0 Å². The predicted octanol–water partition coefficient (Wildman–Crippen LogP) is 2.99. The van der Waals surface area contributed by atoms with Crippen molar-refractivity contribution in [1.82, 2.24) is 10.2 Å². The SMILES string of the molecule is CC1CCC(C)N(c2nnc(C(C)Cl)o2)C1. The molecule has 3 atom stereocenters. The number of piperidine rings is 1. The van der Waals surface area contributed by atoms with Gasteiger partial charge in [-0.3, -0.25) is 0 Å². The molecule has 1 saturated heterocycles. The summed E-state index contributed by atoms with van der Waals surface area (Å²) in [7, 11) is 0. The molecular weight excluding hydrogens is 226 g/mol. The van der Waals surface area contributed by atoms with E-state index in [4.69, 9.17) is 16.0 Å². The van der Waals surface area contributed by atoms with Gasteiger partial charge in [0, 0.05) is 12.6 Å². The lowest BCUT2D eigenvalue weighted by Gasteiger charge is -2.35. The van der Waals surface area contributed by atoms with Gasteiger partial charge in [-0.1, -0.05) is 12.0 Å². The molecule has 1 aromatic rings. The molecule has 2 heterocycles. The van der Waals surface area contributed by atoms with Crippen molar-refractivity contribution >= 4 is 17.6 Å². The minimum absolute atomic E-state index is 0.223. The molecular formula is C11H18ClN3O. The van der Waals surface area contributed by atoms with Crippen LogP contribution in [-0.2, 0) is 0 Å². The minimum atomic E-state index is -0.223. The van der Waals surface area contributed by atoms with Gasteiger partial charge in [-0.25, -0.2) is 0 Å². The van der Waals surface area contributed by atoms with E-state index in [0.29, 0.717) is 23.9 Å². The molecule has 0 aliphatic carbocycles. The average molecular weight is 244 g/mol. The van der Waals surface area contributed by atoms with E-state index in [9.17, 15) is 0 Å². The monoisotopic (exact) mass is 243 g/mol. The van der Waals surface area contributed by atoms with Crippen LogP contribution in [0.25, 0.3) is 0 Å². The van der Waals surface area contributed by atoms with E-state index in [1.54, 1.807) is 0 Å². The Morgan fingerprint density at radius 1 is 1.38 bits per heavy atom. The van der Waals surface area contributed by atoms with E-state index in [1.165, 1.54) is 12.8 Å². The maximum absolute atomic E-state index is 5.91. The van der Waals surface area contributed by atoms with E-state index in [1.807, 2.05) is 6.92 Å². The quantitative estimate of drug-likeness (QED) is 0.749. The highest BCUT2D eigenvalue weighted by atomic mass is 35.5. The highest BCUT2D eigenvalue weighted by Crippen LogP contribution is 2.28. The van der Waals surface area contributed by atoms with Gasteiger partial charge in [0.1, 0.15) is 5.38 Å². The van der Waals surface area contributed by atoms with Gasteiger partial charge in [-0.2, -0.15) is 0 Å². The lowest BCUT2D eigenvalue weighted by Crippen LogP contribution is -2.41. The third-order valence-corrected chi connectivity index (χ3v) is 3.32. The first-order valence-corrected chi connectivity index (χ1v) is 6.25.